The topological polar surface area (TPSA) is 111 Å². The van der Waals surface area contributed by atoms with Gasteiger partial charge in [-0.1, -0.05) is 54.0 Å². The Morgan fingerprint density at radius 1 is 1.04 bits per heavy atom. The van der Waals surface area contributed by atoms with Gasteiger partial charge < -0.3 is 15.0 Å². The zero-order valence-corrected chi connectivity index (χ0v) is 28.9. The number of amides is 2. The van der Waals surface area contributed by atoms with Crippen molar-refractivity contribution in [3.05, 3.63) is 128 Å². The van der Waals surface area contributed by atoms with E-state index >= 15 is 0 Å². The van der Waals surface area contributed by atoms with Crippen LogP contribution in [-0.2, 0) is 19.6 Å². The number of hydrogen-bond acceptors (Lipinski definition) is 6. The van der Waals surface area contributed by atoms with E-state index in [-0.39, 0.29) is 43.0 Å². The fourth-order valence-corrected chi connectivity index (χ4v) is 6.13. The Morgan fingerprint density at radius 2 is 1.81 bits per heavy atom. The number of aromatic nitrogens is 4. The van der Waals surface area contributed by atoms with Gasteiger partial charge >= 0.3 is 5.69 Å². The Labute approximate surface area is 287 Å². The van der Waals surface area contributed by atoms with Gasteiger partial charge in [-0.25, -0.2) is 4.79 Å². The van der Waals surface area contributed by atoms with Crippen LogP contribution in [0.5, 0.6) is 5.75 Å². The molecule has 3 heterocycles. The summed E-state index contributed by atoms with van der Waals surface area (Å²) in [6.07, 6.45) is 1.61. The second-order valence-corrected chi connectivity index (χ2v) is 13.3. The number of nitrogens with one attached hydrogen (secondary N) is 1. The zero-order valence-electron chi connectivity index (χ0n) is 27.3. The van der Waals surface area contributed by atoms with Crippen LogP contribution >= 0.6 is 15.9 Å². The Bertz CT molecular complexity index is 2020. The lowest BCUT2D eigenvalue weighted by Crippen LogP contribution is -2.47. The summed E-state index contributed by atoms with van der Waals surface area (Å²) in [6.45, 7) is 9.07. The van der Waals surface area contributed by atoms with Crippen molar-refractivity contribution < 1.29 is 14.3 Å². The van der Waals surface area contributed by atoms with Crippen LogP contribution in [0.15, 0.2) is 94.3 Å². The van der Waals surface area contributed by atoms with Crippen LogP contribution in [0.4, 0.5) is 0 Å². The zero-order chi connectivity index (χ0) is 33.9. The van der Waals surface area contributed by atoms with E-state index in [1.807, 2.05) is 62.4 Å². The molecule has 48 heavy (non-hydrogen) atoms. The highest BCUT2D eigenvalue weighted by Gasteiger charge is 2.35. The minimum Gasteiger partial charge on any atom is -0.493 e. The van der Waals surface area contributed by atoms with E-state index in [1.165, 1.54) is 4.57 Å². The average Bonchev–Trinajstić information content (AvgIpc) is 3.38. The summed E-state index contributed by atoms with van der Waals surface area (Å²) in [5.41, 5.74) is 4.70. The van der Waals surface area contributed by atoms with E-state index in [0.29, 0.717) is 40.9 Å². The predicted molar refractivity (Wildman–Crippen MR) is 187 cm³/mol. The highest BCUT2D eigenvalue weighted by atomic mass is 79.9. The minimum absolute atomic E-state index is 0.0892. The highest BCUT2D eigenvalue weighted by molar-refractivity contribution is 9.10. The molecule has 10 nitrogen and oxygen atoms in total. The summed E-state index contributed by atoms with van der Waals surface area (Å²) in [6, 6.07) is 23.7. The normalized spacial score (nSPS) is 14.1. The number of rotatable bonds is 9. The summed E-state index contributed by atoms with van der Waals surface area (Å²) in [5.74, 6) is 0.428. The molecule has 0 fully saturated rings. The van der Waals surface area contributed by atoms with Gasteiger partial charge in [0.05, 0.1) is 30.2 Å². The highest BCUT2D eigenvalue weighted by Crippen LogP contribution is 2.27. The third-order valence-electron chi connectivity index (χ3n) is 8.41. The molecule has 0 radical (unpaired) electrons. The average molecular weight is 710 g/mol. The van der Waals surface area contributed by atoms with Crippen molar-refractivity contribution >= 4 is 27.7 Å². The molecule has 6 rings (SSSR count). The van der Waals surface area contributed by atoms with Crippen molar-refractivity contribution in [3.8, 4) is 22.7 Å². The predicted octanol–water partition coefficient (Wildman–Crippen LogP) is 6.18. The molecule has 0 saturated carbocycles. The van der Waals surface area contributed by atoms with Crippen LogP contribution in [0.3, 0.4) is 0 Å². The third kappa shape index (κ3) is 6.68. The summed E-state index contributed by atoms with van der Waals surface area (Å²) >= 11 is 3.51. The third-order valence-corrected chi connectivity index (χ3v) is 9.30. The van der Waals surface area contributed by atoms with E-state index < -0.39 is 5.91 Å². The number of carbonyl (C=O) groups is 2. The summed E-state index contributed by atoms with van der Waals surface area (Å²) in [7, 11) is 0. The van der Waals surface area contributed by atoms with Gasteiger partial charge in [0.1, 0.15) is 11.4 Å². The van der Waals surface area contributed by atoms with Gasteiger partial charge in [0.15, 0.2) is 0 Å². The van der Waals surface area contributed by atoms with Gasteiger partial charge in [0.2, 0.25) is 0 Å². The second kappa shape index (κ2) is 14.0. The number of halogens is 1. The van der Waals surface area contributed by atoms with Crippen LogP contribution in [-0.4, -0.2) is 48.7 Å². The number of nitrogens with zero attached hydrogens (tertiary/aromatic N) is 5. The maximum absolute atomic E-state index is 14.3. The Kier molecular flexibility index (Phi) is 9.58. The Morgan fingerprint density at radius 3 is 2.52 bits per heavy atom. The molecule has 0 saturated heterocycles. The summed E-state index contributed by atoms with van der Waals surface area (Å²) < 4.78 is 9.84. The van der Waals surface area contributed by atoms with Crippen molar-refractivity contribution in [2.24, 2.45) is 5.92 Å². The number of carbonyl (C=O) groups excluding carboxylic acids is 2. The molecule has 5 aromatic rings. The van der Waals surface area contributed by atoms with Crippen molar-refractivity contribution in [1.82, 2.24) is 29.5 Å². The molecule has 1 atom stereocenters. The lowest BCUT2D eigenvalue weighted by atomic mass is 10.0. The van der Waals surface area contributed by atoms with Crippen LogP contribution in [0.2, 0.25) is 0 Å². The quantitative estimate of drug-likeness (QED) is 0.196. The van der Waals surface area contributed by atoms with Crippen molar-refractivity contribution in [1.29, 1.82) is 0 Å². The summed E-state index contributed by atoms with van der Waals surface area (Å²) in [4.78, 5) is 43.9. The van der Waals surface area contributed by atoms with E-state index in [4.69, 9.17) is 4.74 Å². The fourth-order valence-electron chi connectivity index (χ4n) is 5.89. The first-order valence-corrected chi connectivity index (χ1v) is 16.7. The fraction of sp³-hybridized carbons (Fsp3) is 0.270. The van der Waals surface area contributed by atoms with Crippen molar-refractivity contribution in [3.63, 3.8) is 0 Å². The number of fused-ring (bicyclic) bond motifs is 1. The first-order valence-electron chi connectivity index (χ1n) is 15.9. The Balaban J connectivity index is 1.38. The molecule has 0 unspecified atom stereocenters. The van der Waals surface area contributed by atoms with Crippen molar-refractivity contribution in [2.75, 3.05) is 6.61 Å². The van der Waals surface area contributed by atoms with Crippen LogP contribution in [0.1, 0.15) is 58.4 Å². The number of benzene rings is 3. The number of aryl methyl sites for hydroxylation is 1. The Hall–Kier alpha value is -5.03. The van der Waals surface area contributed by atoms with Crippen LogP contribution in [0, 0.1) is 12.8 Å². The number of ether oxygens (including phenoxy) is 1. The van der Waals surface area contributed by atoms with E-state index in [1.54, 1.807) is 46.0 Å². The molecule has 1 aliphatic rings. The molecule has 0 bridgehead atoms. The van der Waals surface area contributed by atoms with Gasteiger partial charge in [-0.3, -0.25) is 18.7 Å². The van der Waals surface area contributed by atoms with Crippen molar-refractivity contribution in [2.45, 2.75) is 53.4 Å². The molecule has 11 heteroatoms. The molecule has 2 aromatic heterocycles. The molecule has 0 aliphatic carbocycles. The second-order valence-electron chi connectivity index (χ2n) is 12.4. The van der Waals surface area contributed by atoms with Gasteiger partial charge in [-0.05, 0) is 85.5 Å². The maximum Gasteiger partial charge on any atom is 0.333 e. The lowest BCUT2D eigenvalue weighted by molar-refractivity contribution is 0.0610. The van der Waals surface area contributed by atoms with Crippen LogP contribution in [0.25, 0.3) is 16.9 Å². The minimum atomic E-state index is -0.434. The molecular weight excluding hydrogens is 672 g/mol. The van der Waals surface area contributed by atoms with E-state index in [2.05, 4.69) is 45.3 Å². The first kappa shape index (κ1) is 32.9. The lowest BCUT2D eigenvalue weighted by Gasteiger charge is -2.34. The van der Waals surface area contributed by atoms with Gasteiger partial charge in [0, 0.05) is 40.9 Å². The molecule has 1 aliphatic heterocycles. The number of hydrogen-bond donors (Lipinski definition) is 1. The molecule has 1 N–H and O–H groups in total. The van der Waals surface area contributed by atoms with E-state index in [9.17, 15) is 14.4 Å². The molecule has 3 aromatic carbocycles. The maximum atomic E-state index is 14.3. The molecule has 2 amide bonds. The smallest absolute Gasteiger partial charge is 0.333 e. The van der Waals surface area contributed by atoms with Crippen LogP contribution < -0.4 is 15.7 Å². The monoisotopic (exact) mass is 708 g/mol. The summed E-state index contributed by atoms with van der Waals surface area (Å²) in [5, 5.41) is 11.3. The molecule has 246 valence electrons. The van der Waals surface area contributed by atoms with Gasteiger partial charge in [-0.15, -0.1) is 0 Å². The SMILES string of the molecule is Cc1cc(C(=O)N2Cc3c(C(=O)NCc4ccccc4-c4cccnn4)n(-c4ccc(OCC(C)C)cc4)c(=O)n3C[C@H]2C)ccc1Br. The molecule has 0 spiro atoms. The standard InChI is InChI=1S/C37H37BrN6O4/c1-23(2)22-48-29-14-12-28(13-15-29)44-34(35(45)39-19-27-8-5-6-9-30(27)32-10-7-17-40-41-32)33-21-42(25(4)20-43(33)37(44)47)36(46)26-11-16-31(38)24(3)18-26/h5-18,23,25H,19-22H2,1-4H3,(H,39,45)/t25-/m1/s1. The first-order chi connectivity index (χ1) is 23.1. The number of imidazole rings is 1. The van der Waals surface area contributed by atoms with Gasteiger partial charge in [-0.2, -0.15) is 10.2 Å². The van der Waals surface area contributed by atoms with Gasteiger partial charge in [0.25, 0.3) is 11.8 Å². The molecular formula is C37H37BrN6O4. The van der Waals surface area contributed by atoms with E-state index in [0.717, 1.165) is 21.2 Å². The largest absolute Gasteiger partial charge is 0.493 e.